The molecule has 0 spiro atoms. The topological polar surface area (TPSA) is 93.8 Å². The summed E-state index contributed by atoms with van der Waals surface area (Å²) in [7, 11) is 4.15. The van der Waals surface area contributed by atoms with E-state index in [4.69, 9.17) is 4.98 Å². The number of carbonyl (C=O) groups excluding carboxylic acids is 1. The summed E-state index contributed by atoms with van der Waals surface area (Å²) in [4.78, 5) is 22.9. The molecule has 2 aliphatic rings. The average molecular weight is 444 g/mol. The van der Waals surface area contributed by atoms with Crippen LogP contribution in [0, 0.1) is 6.92 Å². The van der Waals surface area contributed by atoms with Crippen LogP contribution in [0.5, 0.6) is 0 Å². The minimum Gasteiger partial charge on any atom is -0.336 e. The summed E-state index contributed by atoms with van der Waals surface area (Å²) in [6.45, 7) is 3.54. The Hall–Kier alpha value is -3.26. The molecule has 6 rings (SSSR count). The Labute approximate surface area is 192 Å². The second-order valence-electron chi connectivity index (χ2n) is 9.65. The Kier molecular flexibility index (Phi) is 4.72. The fraction of sp³-hybridized carbons (Fsp3) is 0.440. The van der Waals surface area contributed by atoms with E-state index in [-0.39, 0.29) is 5.91 Å². The van der Waals surface area contributed by atoms with Crippen LogP contribution in [0.25, 0.3) is 33.1 Å². The highest BCUT2D eigenvalue weighted by molar-refractivity contribution is 6.17. The van der Waals surface area contributed by atoms with Crippen molar-refractivity contribution < 1.29 is 4.79 Å². The van der Waals surface area contributed by atoms with Gasteiger partial charge < -0.3 is 9.80 Å². The second-order valence-corrected chi connectivity index (χ2v) is 9.65. The van der Waals surface area contributed by atoms with Gasteiger partial charge in [0.15, 0.2) is 5.69 Å². The molecule has 1 amide bonds. The molecule has 1 fully saturated rings. The van der Waals surface area contributed by atoms with Crippen molar-refractivity contribution in [2.45, 2.75) is 45.1 Å². The van der Waals surface area contributed by atoms with Gasteiger partial charge in [-0.15, -0.1) is 0 Å². The van der Waals surface area contributed by atoms with E-state index in [0.29, 0.717) is 11.7 Å². The molecule has 3 aromatic heterocycles. The highest BCUT2D eigenvalue weighted by Crippen LogP contribution is 2.39. The molecule has 4 aromatic rings. The summed E-state index contributed by atoms with van der Waals surface area (Å²) in [6, 6.07) is 4.45. The molecule has 1 aliphatic heterocycles. The summed E-state index contributed by atoms with van der Waals surface area (Å²) >= 11 is 0. The number of H-pyrrole nitrogens is 2. The number of aryl methyl sites for hydroxylation is 2. The minimum atomic E-state index is 0.0115. The lowest BCUT2D eigenvalue weighted by molar-refractivity contribution is 0.0779. The predicted octanol–water partition coefficient (Wildman–Crippen LogP) is 3.46. The molecule has 1 aromatic carbocycles. The van der Waals surface area contributed by atoms with Crippen LogP contribution in [0.2, 0.25) is 0 Å². The van der Waals surface area contributed by atoms with Crippen molar-refractivity contribution in [3.63, 3.8) is 0 Å². The first kappa shape index (κ1) is 20.4. The van der Waals surface area contributed by atoms with Crippen molar-refractivity contribution in [1.82, 2.24) is 35.2 Å². The van der Waals surface area contributed by atoms with Gasteiger partial charge in [-0.1, -0.05) is 0 Å². The van der Waals surface area contributed by atoms with Crippen molar-refractivity contribution in [2.75, 3.05) is 27.2 Å². The zero-order valence-corrected chi connectivity index (χ0v) is 19.4. The Balaban J connectivity index is 1.55. The maximum atomic E-state index is 13.6. The number of aromatic nitrogens is 5. The standard InChI is InChI=1S/C25H29N7O/c1-14-18(12-26-28-14)23-17-7-5-4-6-16(17)21-19(27-23)8-9-20-22(21)24(30-29-20)25(33)32-11-10-15(13-32)31(2)3/h8-9,12,15H,4-7,10-11,13H2,1-3H3,(H,26,28)(H,29,30)/t15-/m0/s1. The Morgan fingerprint density at radius 1 is 1.12 bits per heavy atom. The van der Waals surface area contributed by atoms with Gasteiger partial charge in [0.25, 0.3) is 5.91 Å². The van der Waals surface area contributed by atoms with Crippen molar-refractivity contribution in [1.29, 1.82) is 0 Å². The number of likely N-dealkylation sites (tertiary alicyclic amines) is 1. The van der Waals surface area contributed by atoms with Crippen molar-refractivity contribution in [2.24, 2.45) is 0 Å². The fourth-order valence-electron chi connectivity index (χ4n) is 5.60. The van der Waals surface area contributed by atoms with Crippen LogP contribution in [0.15, 0.2) is 18.3 Å². The number of nitrogens with zero attached hydrogens (tertiary/aromatic N) is 5. The van der Waals surface area contributed by atoms with Crippen molar-refractivity contribution >= 4 is 27.7 Å². The van der Waals surface area contributed by atoms with Gasteiger partial charge in [0.1, 0.15) is 0 Å². The van der Waals surface area contributed by atoms with Gasteiger partial charge in [-0.2, -0.15) is 10.2 Å². The number of fused-ring (bicyclic) bond motifs is 5. The normalized spacial score (nSPS) is 18.5. The van der Waals surface area contributed by atoms with Crippen LogP contribution in [-0.2, 0) is 12.8 Å². The zero-order valence-electron chi connectivity index (χ0n) is 19.4. The Morgan fingerprint density at radius 2 is 1.94 bits per heavy atom. The van der Waals surface area contributed by atoms with Gasteiger partial charge in [0.05, 0.1) is 22.9 Å². The highest BCUT2D eigenvalue weighted by atomic mass is 16.2. The van der Waals surface area contributed by atoms with E-state index < -0.39 is 0 Å². The summed E-state index contributed by atoms with van der Waals surface area (Å²) < 4.78 is 0. The molecule has 0 radical (unpaired) electrons. The van der Waals surface area contributed by atoms with Gasteiger partial charge in [-0.3, -0.25) is 15.0 Å². The lowest BCUT2D eigenvalue weighted by Crippen LogP contribution is -2.34. The molecule has 0 unspecified atom stereocenters. The molecule has 0 bridgehead atoms. The number of hydrogen-bond donors (Lipinski definition) is 2. The number of carbonyl (C=O) groups is 1. The molecule has 8 heteroatoms. The SMILES string of the molecule is Cc1[nH]ncc1-c1nc2ccc3[nH]nc(C(=O)N4CC[C@H](N(C)C)C4)c3c2c2c1CCCC2. The fourth-order valence-corrected chi connectivity index (χ4v) is 5.60. The van der Waals surface area contributed by atoms with Crippen LogP contribution in [0.1, 0.15) is 46.6 Å². The number of likely N-dealkylation sites (N-methyl/N-ethyl adjacent to an activating group) is 1. The molecular formula is C25H29N7O. The number of benzene rings is 1. The molecule has 1 atom stereocenters. The third-order valence-electron chi connectivity index (χ3n) is 7.46. The molecule has 2 N–H and O–H groups in total. The van der Waals surface area contributed by atoms with Crippen molar-refractivity contribution in [3.8, 4) is 11.3 Å². The summed E-state index contributed by atoms with van der Waals surface area (Å²) in [6.07, 6.45) is 7.14. The minimum absolute atomic E-state index is 0.0115. The van der Waals surface area contributed by atoms with Crippen LogP contribution < -0.4 is 0 Å². The summed E-state index contributed by atoms with van der Waals surface area (Å²) in [5.41, 5.74) is 8.06. The molecular weight excluding hydrogens is 414 g/mol. The third kappa shape index (κ3) is 3.15. The van der Waals surface area contributed by atoms with Gasteiger partial charge in [0.2, 0.25) is 0 Å². The lowest BCUT2D eigenvalue weighted by Gasteiger charge is -2.22. The number of aromatic amines is 2. The molecule has 170 valence electrons. The maximum absolute atomic E-state index is 13.6. The second kappa shape index (κ2) is 7.66. The van der Waals surface area contributed by atoms with E-state index in [1.165, 1.54) is 11.1 Å². The third-order valence-corrected chi connectivity index (χ3v) is 7.46. The Bertz CT molecular complexity index is 1380. The predicted molar refractivity (Wildman–Crippen MR) is 128 cm³/mol. The van der Waals surface area contributed by atoms with E-state index in [0.717, 1.165) is 84.0 Å². The Morgan fingerprint density at radius 3 is 2.67 bits per heavy atom. The first-order valence-electron chi connectivity index (χ1n) is 11.8. The van der Waals surface area contributed by atoms with Crippen LogP contribution >= 0.6 is 0 Å². The van der Waals surface area contributed by atoms with Crippen LogP contribution in [0.3, 0.4) is 0 Å². The number of nitrogens with one attached hydrogen (secondary N) is 2. The number of amides is 1. The van der Waals surface area contributed by atoms with E-state index in [1.807, 2.05) is 24.1 Å². The molecule has 8 nitrogen and oxygen atoms in total. The average Bonchev–Trinajstić information content (AvgIpc) is 3.57. The molecule has 0 saturated carbocycles. The number of hydrogen-bond acceptors (Lipinski definition) is 5. The van der Waals surface area contributed by atoms with E-state index >= 15 is 0 Å². The van der Waals surface area contributed by atoms with Gasteiger partial charge in [0, 0.05) is 41.2 Å². The number of rotatable bonds is 3. The quantitative estimate of drug-likeness (QED) is 0.506. The van der Waals surface area contributed by atoms with E-state index in [9.17, 15) is 4.79 Å². The molecule has 4 heterocycles. The van der Waals surface area contributed by atoms with Gasteiger partial charge in [-0.25, -0.2) is 4.98 Å². The lowest BCUT2D eigenvalue weighted by atomic mass is 9.85. The number of pyridine rings is 1. The highest BCUT2D eigenvalue weighted by Gasteiger charge is 2.31. The smallest absolute Gasteiger partial charge is 0.275 e. The zero-order chi connectivity index (χ0) is 22.7. The van der Waals surface area contributed by atoms with Crippen molar-refractivity contribution in [3.05, 3.63) is 40.8 Å². The molecule has 1 aliphatic carbocycles. The molecule has 1 saturated heterocycles. The maximum Gasteiger partial charge on any atom is 0.275 e. The summed E-state index contributed by atoms with van der Waals surface area (Å²) in [5.74, 6) is 0.0115. The first-order chi connectivity index (χ1) is 16.0. The molecule has 33 heavy (non-hydrogen) atoms. The monoisotopic (exact) mass is 443 g/mol. The van der Waals surface area contributed by atoms with E-state index in [1.54, 1.807) is 0 Å². The summed E-state index contributed by atoms with van der Waals surface area (Å²) in [5, 5.41) is 17.0. The van der Waals surface area contributed by atoms with Gasteiger partial charge >= 0.3 is 0 Å². The van der Waals surface area contributed by atoms with E-state index in [2.05, 4.69) is 45.5 Å². The van der Waals surface area contributed by atoms with Crippen LogP contribution in [-0.4, -0.2) is 74.3 Å². The largest absolute Gasteiger partial charge is 0.336 e. The van der Waals surface area contributed by atoms with Gasteiger partial charge in [-0.05, 0) is 76.4 Å². The first-order valence-corrected chi connectivity index (χ1v) is 11.8. The van der Waals surface area contributed by atoms with Crippen LogP contribution in [0.4, 0.5) is 0 Å².